The summed E-state index contributed by atoms with van der Waals surface area (Å²) < 4.78 is 1.87. The van der Waals surface area contributed by atoms with Crippen LogP contribution in [0.4, 0.5) is 5.95 Å². The Labute approximate surface area is 157 Å². The van der Waals surface area contributed by atoms with Crippen LogP contribution in [0, 0.1) is 13.8 Å². The van der Waals surface area contributed by atoms with Crippen molar-refractivity contribution in [1.82, 2.24) is 29.9 Å². The first-order valence-corrected chi connectivity index (χ1v) is 8.78. The number of nitrogens with one attached hydrogen (secondary N) is 2. The normalized spacial score (nSPS) is 10.9. The number of H-pyrrole nitrogens is 1. The third-order valence-electron chi connectivity index (χ3n) is 4.64. The van der Waals surface area contributed by atoms with Crippen LogP contribution in [0.15, 0.2) is 48.8 Å². The molecular formula is C20H21N7. The number of benzene rings is 1. The van der Waals surface area contributed by atoms with Gasteiger partial charge in [-0.1, -0.05) is 30.3 Å². The van der Waals surface area contributed by atoms with E-state index in [1.54, 1.807) is 6.20 Å². The summed E-state index contributed by atoms with van der Waals surface area (Å²) in [5, 5.41) is 15.0. The van der Waals surface area contributed by atoms with Crippen molar-refractivity contribution >= 4 is 5.95 Å². The lowest BCUT2D eigenvalue weighted by molar-refractivity contribution is 0.731. The van der Waals surface area contributed by atoms with Crippen LogP contribution in [0.5, 0.6) is 0 Å². The molecule has 0 fully saturated rings. The molecular weight excluding hydrogens is 338 g/mol. The summed E-state index contributed by atoms with van der Waals surface area (Å²) in [6, 6.07) is 12.1. The standard InChI is InChI=1S/C20H21N7/c1-13-18(14(2)27(3)26-13)17-9-10-21-20(24-17)22-11-16-12-23-25-19(16)15-7-5-4-6-8-15/h4-10,12H,11H2,1-3H3,(H,23,25)(H,21,22,24). The van der Waals surface area contributed by atoms with Crippen molar-refractivity contribution in [1.29, 1.82) is 0 Å². The molecule has 0 amide bonds. The molecule has 7 heteroatoms. The molecule has 2 N–H and O–H groups in total. The zero-order valence-electron chi connectivity index (χ0n) is 15.6. The monoisotopic (exact) mass is 359 g/mol. The quantitative estimate of drug-likeness (QED) is 0.570. The van der Waals surface area contributed by atoms with E-state index >= 15 is 0 Å². The second-order valence-corrected chi connectivity index (χ2v) is 6.42. The first-order chi connectivity index (χ1) is 13.1. The van der Waals surface area contributed by atoms with Gasteiger partial charge >= 0.3 is 0 Å². The first kappa shape index (κ1) is 17.0. The van der Waals surface area contributed by atoms with Gasteiger partial charge in [0.2, 0.25) is 5.95 Å². The lowest BCUT2D eigenvalue weighted by Crippen LogP contribution is -2.04. The average Bonchev–Trinajstić information content (AvgIpc) is 3.25. The molecule has 0 aliphatic rings. The molecule has 4 rings (SSSR count). The number of aromatic amines is 1. The maximum atomic E-state index is 4.67. The molecule has 0 aliphatic heterocycles. The molecule has 136 valence electrons. The van der Waals surface area contributed by atoms with Gasteiger partial charge in [-0.05, 0) is 25.5 Å². The number of anilines is 1. The van der Waals surface area contributed by atoms with Crippen LogP contribution >= 0.6 is 0 Å². The summed E-state index contributed by atoms with van der Waals surface area (Å²) in [4.78, 5) is 9.03. The molecule has 0 unspecified atom stereocenters. The van der Waals surface area contributed by atoms with Crippen molar-refractivity contribution < 1.29 is 0 Å². The van der Waals surface area contributed by atoms with E-state index in [0.717, 1.165) is 39.5 Å². The van der Waals surface area contributed by atoms with Crippen LogP contribution in [0.25, 0.3) is 22.5 Å². The Morgan fingerprint density at radius 3 is 2.67 bits per heavy atom. The van der Waals surface area contributed by atoms with Crippen LogP contribution in [-0.4, -0.2) is 29.9 Å². The van der Waals surface area contributed by atoms with E-state index in [1.165, 1.54) is 0 Å². The Balaban J connectivity index is 1.56. The number of hydrogen-bond acceptors (Lipinski definition) is 5. The van der Waals surface area contributed by atoms with Crippen LogP contribution in [0.1, 0.15) is 17.0 Å². The molecule has 3 heterocycles. The molecule has 0 saturated carbocycles. The van der Waals surface area contributed by atoms with Crippen molar-refractivity contribution in [2.75, 3.05) is 5.32 Å². The van der Waals surface area contributed by atoms with Gasteiger partial charge in [0, 0.05) is 36.6 Å². The second kappa shape index (κ2) is 7.03. The zero-order valence-corrected chi connectivity index (χ0v) is 15.6. The molecule has 27 heavy (non-hydrogen) atoms. The molecule has 7 nitrogen and oxygen atoms in total. The fourth-order valence-electron chi connectivity index (χ4n) is 3.20. The smallest absolute Gasteiger partial charge is 0.223 e. The predicted molar refractivity (Wildman–Crippen MR) is 105 cm³/mol. The predicted octanol–water partition coefficient (Wildman–Crippen LogP) is 3.50. The van der Waals surface area contributed by atoms with Crippen molar-refractivity contribution in [2.45, 2.75) is 20.4 Å². The highest BCUT2D eigenvalue weighted by Gasteiger charge is 2.14. The SMILES string of the molecule is Cc1nn(C)c(C)c1-c1ccnc(NCc2cn[nH]c2-c2ccccc2)n1. The van der Waals surface area contributed by atoms with E-state index in [0.29, 0.717) is 12.5 Å². The van der Waals surface area contributed by atoms with Gasteiger partial charge in [-0.3, -0.25) is 9.78 Å². The van der Waals surface area contributed by atoms with Gasteiger partial charge in [0.05, 0.1) is 23.3 Å². The summed E-state index contributed by atoms with van der Waals surface area (Å²) in [5.41, 5.74) is 7.12. The first-order valence-electron chi connectivity index (χ1n) is 8.78. The summed E-state index contributed by atoms with van der Waals surface area (Å²) in [6.45, 7) is 4.62. The van der Waals surface area contributed by atoms with Crippen LogP contribution < -0.4 is 5.32 Å². The molecule has 1 aromatic carbocycles. The van der Waals surface area contributed by atoms with Gasteiger partial charge in [-0.15, -0.1) is 0 Å². The highest BCUT2D eigenvalue weighted by atomic mass is 15.3. The molecule has 0 aliphatic carbocycles. The Bertz CT molecular complexity index is 1060. The number of rotatable bonds is 5. The molecule has 0 atom stereocenters. The molecule has 0 spiro atoms. The van der Waals surface area contributed by atoms with Crippen molar-refractivity contribution in [3.05, 3.63) is 65.7 Å². The van der Waals surface area contributed by atoms with E-state index in [1.807, 2.05) is 56.0 Å². The third-order valence-corrected chi connectivity index (χ3v) is 4.64. The van der Waals surface area contributed by atoms with E-state index in [2.05, 4.69) is 42.7 Å². The van der Waals surface area contributed by atoms with E-state index in [-0.39, 0.29) is 0 Å². The minimum absolute atomic E-state index is 0.579. The average molecular weight is 359 g/mol. The Hall–Kier alpha value is -3.48. The summed E-state index contributed by atoms with van der Waals surface area (Å²) in [7, 11) is 1.94. The summed E-state index contributed by atoms with van der Waals surface area (Å²) in [5.74, 6) is 0.579. The van der Waals surface area contributed by atoms with Crippen LogP contribution in [-0.2, 0) is 13.6 Å². The van der Waals surface area contributed by atoms with Gasteiger partial charge in [0.15, 0.2) is 0 Å². The van der Waals surface area contributed by atoms with E-state index < -0.39 is 0 Å². The third kappa shape index (κ3) is 3.31. The lowest BCUT2D eigenvalue weighted by atomic mass is 10.1. The maximum absolute atomic E-state index is 4.67. The van der Waals surface area contributed by atoms with E-state index in [4.69, 9.17) is 0 Å². The largest absolute Gasteiger partial charge is 0.350 e. The summed E-state index contributed by atoms with van der Waals surface area (Å²) in [6.07, 6.45) is 3.60. The molecule has 4 aromatic rings. The van der Waals surface area contributed by atoms with Crippen molar-refractivity contribution in [3.8, 4) is 22.5 Å². The number of hydrogen-bond donors (Lipinski definition) is 2. The number of aryl methyl sites for hydroxylation is 2. The fourth-order valence-corrected chi connectivity index (χ4v) is 3.20. The molecule has 0 bridgehead atoms. The van der Waals surface area contributed by atoms with Crippen molar-refractivity contribution in [3.63, 3.8) is 0 Å². The van der Waals surface area contributed by atoms with Crippen LogP contribution in [0.3, 0.4) is 0 Å². The number of aromatic nitrogens is 6. The zero-order chi connectivity index (χ0) is 18.8. The van der Waals surface area contributed by atoms with Gasteiger partial charge in [0.25, 0.3) is 0 Å². The Kier molecular flexibility index (Phi) is 4.42. The maximum Gasteiger partial charge on any atom is 0.223 e. The van der Waals surface area contributed by atoms with Gasteiger partial charge in [0.1, 0.15) is 0 Å². The number of nitrogens with zero attached hydrogens (tertiary/aromatic N) is 5. The summed E-state index contributed by atoms with van der Waals surface area (Å²) >= 11 is 0. The highest BCUT2D eigenvalue weighted by molar-refractivity contribution is 5.66. The van der Waals surface area contributed by atoms with Crippen molar-refractivity contribution in [2.24, 2.45) is 7.05 Å². The van der Waals surface area contributed by atoms with E-state index in [9.17, 15) is 0 Å². The van der Waals surface area contributed by atoms with Gasteiger partial charge < -0.3 is 5.32 Å². The molecule has 0 saturated heterocycles. The minimum Gasteiger partial charge on any atom is -0.350 e. The second-order valence-electron chi connectivity index (χ2n) is 6.42. The molecule has 3 aromatic heterocycles. The lowest BCUT2D eigenvalue weighted by Gasteiger charge is -2.08. The van der Waals surface area contributed by atoms with Gasteiger partial charge in [-0.2, -0.15) is 10.2 Å². The fraction of sp³-hybridized carbons (Fsp3) is 0.200. The topological polar surface area (TPSA) is 84.3 Å². The Morgan fingerprint density at radius 2 is 1.93 bits per heavy atom. The van der Waals surface area contributed by atoms with Gasteiger partial charge in [-0.25, -0.2) is 9.97 Å². The molecule has 0 radical (unpaired) electrons. The highest BCUT2D eigenvalue weighted by Crippen LogP contribution is 2.25. The van der Waals surface area contributed by atoms with Crippen LogP contribution in [0.2, 0.25) is 0 Å². The Morgan fingerprint density at radius 1 is 1.11 bits per heavy atom. The minimum atomic E-state index is 0.579.